The normalized spacial score (nSPS) is 16.3. The molecule has 0 radical (unpaired) electrons. The third kappa shape index (κ3) is 2.71. The van der Waals surface area contributed by atoms with Crippen LogP contribution >= 0.6 is 0 Å². The zero-order valence-corrected chi connectivity index (χ0v) is 14.7. The number of furan rings is 1. The fourth-order valence-corrected chi connectivity index (χ4v) is 3.44. The molecule has 1 atom stereocenters. The van der Waals surface area contributed by atoms with Crippen LogP contribution in [0.15, 0.2) is 59.2 Å². The molecular formula is C21H20N2O3. The number of aromatic hydroxyl groups is 1. The number of carbonyl (C=O) groups excluding carboxylic acids is 1. The molecule has 0 bridgehead atoms. The van der Waals surface area contributed by atoms with Gasteiger partial charge < -0.3 is 19.7 Å². The van der Waals surface area contributed by atoms with Crippen LogP contribution in [0.1, 0.15) is 39.0 Å². The number of phenolic OH excluding ortho intramolecular Hbond substituents is 1. The Balaban J connectivity index is 1.80. The first-order chi connectivity index (χ1) is 12.5. The van der Waals surface area contributed by atoms with Crippen LogP contribution in [0.25, 0.3) is 0 Å². The summed E-state index contributed by atoms with van der Waals surface area (Å²) in [5.41, 5.74) is 3.94. The van der Waals surface area contributed by atoms with Crippen LogP contribution in [-0.2, 0) is 6.54 Å². The molecule has 1 aliphatic rings. The van der Waals surface area contributed by atoms with Crippen molar-refractivity contribution in [2.45, 2.75) is 26.6 Å². The van der Waals surface area contributed by atoms with Crippen molar-refractivity contribution in [3.63, 3.8) is 0 Å². The summed E-state index contributed by atoms with van der Waals surface area (Å²) in [7, 11) is 0. The highest BCUT2D eigenvalue weighted by Gasteiger charge is 2.33. The van der Waals surface area contributed by atoms with Crippen LogP contribution in [0.5, 0.6) is 5.75 Å². The lowest BCUT2D eigenvalue weighted by Gasteiger charge is -2.38. The fraction of sp³-hybridized carbons (Fsp3) is 0.190. The lowest BCUT2D eigenvalue weighted by molar-refractivity contribution is 0.0651. The van der Waals surface area contributed by atoms with Crippen LogP contribution in [0.3, 0.4) is 0 Å². The van der Waals surface area contributed by atoms with Crippen LogP contribution in [0, 0.1) is 13.8 Å². The van der Waals surface area contributed by atoms with Gasteiger partial charge in [-0.2, -0.15) is 0 Å². The number of hydrogen-bond donors (Lipinski definition) is 2. The Labute approximate surface area is 151 Å². The van der Waals surface area contributed by atoms with Crippen molar-refractivity contribution < 1.29 is 14.3 Å². The quantitative estimate of drug-likeness (QED) is 0.738. The van der Waals surface area contributed by atoms with Crippen LogP contribution in [-0.4, -0.2) is 15.9 Å². The van der Waals surface area contributed by atoms with Gasteiger partial charge in [-0.25, -0.2) is 0 Å². The summed E-state index contributed by atoms with van der Waals surface area (Å²) in [4.78, 5) is 14.9. The van der Waals surface area contributed by atoms with Gasteiger partial charge in [0, 0.05) is 5.69 Å². The van der Waals surface area contributed by atoms with E-state index in [0.717, 1.165) is 28.1 Å². The first kappa shape index (κ1) is 16.3. The van der Waals surface area contributed by atoms with E-state index in [1.807, 2.05) is 62.4 Å². The number of benzene rings is 2. The average molecular weight is 348 g/mol. The van der Waals surface area contributed by atoms with E-state index in [9.17, 15) is 9.90 Å². The number of fused-ring (bicyclic) bond motifs is 1. The molecule has 0 saturated heterocycles. The molecular weight excluding hydrogens is 328 g/mol. The van der Waals surface area contributed by atoms with Gasteiger partial charge in [-0.1, -0.05) is 12.1 Å². The maximum absolute atomic E-state index is 13.2. The Hall–Kier alpha value is -3.21. The van der Waals surface area contributed by atoms with E-state index >= 15 is 0 Å². The summed E-state index contributed by atoms with van der Waals surface area (Å²) in [6, 6.07) is 15.0. The van der Waals surface area contributed by atoms with Crippen molar-refractivity contribution in [2.24, 2.45) is 0 Å². The van der Waals surface area contributed by atoms with E-state index in [-0.39, 0.29) is 17.8 Å². The number of nitrogens with zero attached hydrogens (tertiary/aromatic N) is 1. The molecule has 1 amide bonds. The average Bonchev–Trinajstić information content (AvgIpc) is 3.15. The van der Waals surface area contributed by atoms with Crippen molar-refractivity contribution in [2.75, 3.05) is 5.32 Å². The molecule has 2 aromatic carbocycles. The lowest BCUT2D eigenvalue weighted by atomic mass is 9.99. The SMILES string of the molecule is Cc1cc([C@@H]2Nc3ccccc3C(=O)N2Cc2ccco2)cc(C)c1O. The number of carbonyl (C=O) groups is 1. The van der Waals surface area contributed by atoms with Gasteiger partial charge in [0.2, 0.25) is 0 Å². The Bertz CT molecular complexity index is 940. The molecule has 2 heterocycles. The van der Waals surface area contributed by atoms with Crippen LogP contribution in [0.4, 0.5) is 5.69 Å². The second-order valence-electron chi connectivity index (χ2n) is 6.61. The minimum Gasteiger partial charge on any atom is -0.507 e. The molecule has 5 heteroatoms. The first-order valence-electron chi connectivity index (χ1n) is 8.53. The monoisotopic (exact) mass is 348 g/mol. The third-order valence-corrected chi connectivity index (χ3v) is 4.76. The van der Waals surface area contributed by atoms with Crippen molar-refractivity contribution in [3.8, 4) is 5.75 Å². The van der Waals surface area contributed by atoms with Gasteiger partial charge in [-0.15, -0.1) is 0 Å². The highest BCUT2D eigenvalue weighted by Crippen LogP contribution is 2.36. The number of phenols is 1. The highest BCUT2D eigenvalue weighted by atomic mass is 16.3. The Morgan fingerprint density at radius 1 is 1.12 bits per heavy atom. The molecule has 4 rings (SSSR count). The molecule has 1 aliphatic heterocycles. The smallest absolute Gasteiger partial charge is 0.258 e. The topological polar surface area (TPSA) is 65.7 Å². The molecule has 0 spiro atoms. The number of aryl methyl sites for hydroxylation is 2. The highest BCUT2D eigenvalue weighted by molar-refractivity contribution is 6.01. The minimum atomic E-state index is -0.347. The van der Waals surface area contributed by atoms with Gasteiger partial charge in [-0.3, -0.25) is 4.79 Å². The number of hydrogen-bond acceptors (Lipinski definition) is 4. The summed E-state index contributed by atoms with van der Waals surface area (Å²) in [5.74, 6) is 0.953. The van der Waals surface area contributed by atoms with Gasteiger partial charge >= 0.3 is 0 Å². The maximum Gasteiger partial charge on any atom is 0.258 e. The molecule has 2 N–H and O–H groups in total. The molecule has 26 heavy (non-hydrogen) atoms. The van der Waals surface area contributed by atoms with Crippen molar-refractivity contribution in [3.05, 3.63) is 82.8 Å². The fourth-order valence-electron chi connectivity index (χ4n) is 3.44. The van der Waals surface area contributed by atoms with E-state index in [1.165, 1.54) is 0 Å². The summed E-state index contributed by atoms with van der Waals surface area (Å²) < 4.78 is 5.46. The summed E-state index contributed by atoms with van der Waals surface area (Å²) >= 11 is 0. The van der Waals surface area contributed by atoms with Crippen molar-refractivity contribution in [1.29, 1.82) is 0 Å². The Morgan fingerprint density at radius 3 is 2.54 bits per heavy atom. The van der Waals surface area contributed by atoms with E-state index in [1.54, 1.807) is 11.2 Å². The van der Waals surface area contributed by atoms with Crippen molar-refractivity contribution >= 4 is 11.6 Å². The number of para-hydroxylation sites is 1. The predicted octanol–water partition coefficient (Wildman–Crippen LogP) is 4.37. The molecule has 132 valence electrons. The van der Waals surface area contributed by atoms with E-state index in [0.29, 0.717) is 12.1 Å². The molecule has 3 aromatic rings. The summed E-state index contributed by atoms with van der Waals surface area (Å²) in [5, 5.41) is 13.6. The standard InChI is InChI=1S/C21H20N2O3/c1-13-10-15(11-14(2)19(13)24)20-22-18-8-4-3-7-17(18)21(25)23(20)12-16-6-5-9-26-16/h3-11,20,22,24H,12H2,1-2H3/t20-/m1/s1. The third-order valence-electron chi connectivity index (χ3n) is 4.76. The molecule has 0 unspecified atom stereocenters. The van der Waals surface area contributed by atoms with Gasteiger partial charge in [-0.05, 0) is 66.9 Å². The molecule has 0 aliphatic carbocycles. The number of anilines is 1. The maximum atomic E-state index is 13.2. The Kier molecular flexibility index (Phi) is 3.92. The molecule has 0 saturated carbocycles. The number of amides is 1. The Morgan fingerprint density at radius 2 is 1.85 bits per heavy atom. The molecule has 5 nitrogen and oxygen atoms in total. The van der Waals surface area contributed by atoms with Crippen LogP contribution < -0.4 is 5.32 Å². The summed E-state index contributed by atoms with van der Waals surface area (Å²) in [6.45, 7) is 4.08. The largest absolute Gasteiger partial charge is 0.507 e. The first-order valence-corrected chi connectivity index (χ1v) is 8.53. The number of nitrogens with one attached hydrogen (secondary N) is 1. The zero-order chi connectivity index (χ0) is 18.3. The van der Waals surface area contributed by atoms with E-state index in [4.69, 9.17) is 4.42 Å². The van der Waals surface area contributed by atoms with E-state index < -0.39 is 0 Å². The lowest BCUT2D eigenvalue weighted by Crippen LogP contribution is -2.42. The number of rotatable bonds is 3. The molecule has 1 aromatic heterocycles. The predicted molar refractivity (Wildman–Crippen MR) is 99.0 cm³/mol. The van der Waals surface area contributed by atoms with Gasteiger partial charge in [0.15, 0.2) is 0 Å². The second kappa shape index (κ2) is 6.26. The van der Waals surface area contributed by atoms with Crippen molar-refractivity contribution in [1.82, 2.24) is 4.90 Å². The van der Waals surface area contributed by atoms with Crippen LogP contribution in [0.2, 0.25) is 0 Å². The van der Waals surface area contributed by atoms with E-state index in [2.05, 4.69) is 5.32 Å². The minimum absolute atomic E-state index is 0.0517. The zero-order valence-electron chi connectivity index (χ0n) is 14.7. The second-order valence-corrected chi connectivity index (χ2v) is 6.61. The van der Waals surface area contributed by atoms with Gasteiger partial charge in [0.1, 0.15) is 17.7 Å². The molecule has 0 fully saturated rings. The summed E-state index contributed by atoms with van der Waals surface area (Å²) in [6.07, 6.45) is 1.26. The van der Waals surface area contributed by atoms with Gasteiger partial charge in [0.25, 0.3) is 5.91 Å². The van der Waals surface area contributed by atoms with Gasteiger partial charge in [0.05, 0.1) is 18.4 Å².